The first kappa shape index (κ1) is 18.5. The topological polar surface area (TPSA) is 46.5 Å². The third-order valence-electron chi connectivity index (χ3n) is 4.91. The lowest BCUT2D eigenvalue weighted by Gasteiger charge is -2.26. The van der Waals surface area contributed by atoms with E-state index >= 15 is 0 Å². The van der Waals surface area contributed by atoms with Crippen molar-refractivity contribution in [2.45, 2.75) is 6.54 Å². The van der Waals surface area contributed by atoms with Crippen LogP contribution in [0, 0.1) is 3.57 Å². The van der Waals surface area contributed by atoms with E-state index in [-0.39, 0.29) is 5.91 Å². The molecule has 0 radical (unpaired) electrons. The lowest BCUT2D eigenvalue weighted by molar-refractivity contribution is 0.0365. The fourth-order valence-electron chi connectivity index (χ4n) is 3.39. The number of morpholine rings is 1. The van der Waals surface area contributed by atoms with Crippen molar-refractivity contribution in [3.63, 3.8) is 0 Å². The molecule has 0 spiro atoms. The van der Waals surface area contributed by atoms with Gasteiger partial charge < -0.3 is 14.6 Å². The van der Waals surface area contributed by atoms with Crippen molar-refractivity contribution < 1.29 is 9.53 Å². The zero-order chi connectivity index (χ0) is 18.6. The van der Waals surface area contributed by atoms with Crippen molar-refractivity contribution in [1.82, 2.24) is 9.47 Å². The summed E-state index contributed by atoms with van der Waals surface area (Å²) in [6.07, 6.45) is 2.12. The fraction of sp³-hybridized carbons (Fsp3) is 0.286. The summed E-state index contributed by atoms with van der Waals surface area (Å²) >= 11 is 2.19. The Morgan fingerprint density at radius 1 is 1.07 bits per heavy atom. The van der Waals surface area contributed by atoms with Gasteiger partial charge in [0.05, 0.1) is 18.8 Å². The Balaban J connectivity index is 1.45. The number of hydrogen-bond donors (Lipinski definition) is 1. The number of aromatic nitrogens is 1. The van der Waals surface area contributed by atoms with Gasteiger partial charge in [-0.2, -0.15) is 0 Å². The highest BCUT2D eigenvalue weighted by Gasteiger charge is 2.12. The Morgan fingerprint density at radius 3 is 2.70 bits per heavy atom. The molecule has 1 aliphatic rings. The molecule has 2 heterocycles. The molecule has 1 aromatic heterocycles. The minimum Gasteiger partial charge on any atom is -0.379 e. The number of anilines is 1. The zero-order valence-electron chi connectivity index (χ0n) is 15.0. The summed E-state index contributed by atoms with van der Waals surface area (Å²) < 4.78 is 8.63. The molecule has 0 atom stereocenters. The first-order valence-electron chi connectivity index (χ1n) is 9.15. The second-order valence-corrected chi connectivity index (χ2v) is 7.83. The number of carbonyl (C=O) groups is 1. The first-order chi connectivity index (χ1) is 13.2. The molecule has 4 rings (SSSR count). The number of nitrogens with zero attached hydrogens (tertiary/aromatic N) is 2. The molecular formula is C21H22IN3O2. The van der Waals surface area contributed by atoms with E-state index < -0.39 is 0 Å². The normalized spacial score (nSPS) is 15.1. The molecule has 140 valence electrons. The summed E-state index contributed by atoms with van der Waals surface area (Å²) in [6, 6.07) is 15.8. The number of carbonyl (C=O) groups excluding carboxylic acids is 1. The molecule has 6 heteroatoms. The zero-order valence-corrected chi connectivity index (χ0v) is 17.2. The van der Waals surface area contributed by atoms with Crippen LogP contribution in [0.4, 0.5) is 5.69 Å². The van der Waals surface area contributed by atoms with Crippen molar-refractivity contribution in [1.29, 1.82) is 0 Å². The van der Waals surface area contributed by atoms with E-state index in [4.69, 9.17) is 4.74 Å². The van der Waals surface area contributed by atoms with Crippen molar-refractivity contribution in [2.24, 2.45) is 0 Å². The Kier molecular flexibility index (Phi) is 5.75. The summed E-state index contributed by atoms with van der Waals surface area (Å²) in [6.45, 7) is 5.66. The molecule has 1 aliphatic heterocycles. The van der Waals surface area contributed by atoms with E-state index in [2.05, 4.69) is 55.7 Å². The number of halogens is 1. The first-order valence-corrected chi connectivity index (χ1v) is 10.2. The van der Waals surface area contributed by atoms with Gasteiger partial charge in [0, 0.05) is 52.5 Å². The van der Waals surface area contributed by atoms with E-state index in [0.717, 1.165) is 54.0 Å². The molecule has 0 saturated carbocycles. The Hall–Kier alpha value is -1.90. The van der Waals surface area contributed by atoms with E-state index in [1.807, 2.05) is 36.4 Å². The molecule has 1 N–H and O–H groups in total. The Bertz CT molecular complexity index is 948. The highest BCUT2D eigenvalue weighted by Crippen LogP contribution is 2.22. The van der Waals surface area contributed by atoms with Crippen LogP contribution in [0.1, 0.15) is 10.4 Å². The van der Waals surface area contributed by atoms with E-state index in [9.17, 15) is 4.79 Å². The molecule has 0 aliphatic carbocycles. The van der Waals surface area contributed by atoms with Crippen molar-refractivity contribution in [3.8, 4) is 0 Å². The minimum atomic E-state index is -0.0777. The van der Waals surface area contributed by atoms with Crippen molar-refractivity contribution in [3.05, 3.63) is 63.9 Å². The molecule has 5 nitrogen and oxygen atoms in total. The molecule has 1 saturated heterocycles. The van der Waals surface area contributed by atoms with Crippen LogP contribution in [-0.2, 0) is 11.3 Å². The van der Waals surface area contributed by atoms with Gasteiger partial charge in [-0.15, -0.1) is 0 Å². The standard InChI is InChI=1S/C21H22IN3O2/c22-19-4-2-1-3-18(19)21(26)23-17-5-6-20-16(15-17)7-8-25(20)10-9-24-11-13-27-14-12-24/h1-8,15H,9-14H2,(H,23,26). The van der Waals surface area contributed by atoms with Crippen LogP contribution in [0.25, 0.3) is 10.9 Å². The van der Waals surface area contributed by atoms with E-state index in [1.165, 1.54) is 5.52 Å². The third kappa shape index (κ3) is 4.34. The highest BCUT2D eigenvalue weighted by atomic mass is 127. The molecule has 27 heavy (non-hydrogen) atoms. The lowest BCUT2D eigenvalue weighted by atomic mass is 10.2. The van der Waals surface area contributed by atoms with Crippen LogP contribution in [0.3, 0.4) is 0 Å². The average Bonchev–Trinajstić information content (AvgIpc) is 3.10. The Morgan fingerprint density at radius 2 is 1.89 bits per heavy atom. The van der Waals surface area contributed by atoms with Gasteiger partial charge in [-0.05, 0) is 59.0 Å². The predicted molar refractivity (Wildman–Crippen MR) is 116 cm³/mol. The van der Waals surface area contributed by atoms with Crippen molar-refractivity contribution in [2.75, 3.05) is 38.2 Å². The number of benzene rings is 2. The van der Waals surface area contributed by atoms with Gasteiger partial charge in [0.25, 0.3) is 5.91 Å². The Labute approximate surface area is 172 Å². The molecular weight excluding hydrogens is 453 g/mol. The predicted octanol–water partition coefficient (Wildman–Crippen LogP) is 3.83. The second kappa shape index (κ2) is 8.41. The van der Waals surface area contributed by atoms with Crippen LogP contribution in [0.2, 0.25) is 0 Å². The van der Waals surface area contributed by atoms with Gasteiger partial charge in [-0.3, -0.25) is 9.69 Å². The fourth-order valence-corrected chi connectivity index (χ4v) is 4.02. The minimum absolute atomic E-state index is 0.0777. The highest BCUT2D eigenvalue weighted by molar-refractivity contribution is 14.1. The number of fused-ring (bicyclic) bond motifs is 1. The number of ether oxygens (including phenoxy) is 1. The summed E-state index contributed by atoms with van der Waals surface area (Å²) in [5.74, 6) is -0.0777. The third-order valence-corrected chi connectivity index (χ3v) is 5.85. The van der Waals surface area contributed by atoms with Gasteiger partial charge in [-0.1, -0.05) is 12.1 Å². The van der Waals surface area contributed by atoms with Gasteiger partial charge >= 0.3 is 0 Å². The van der Waals surface area contributed by atoms with E-state index in [1.54, 1.807) is 0 Å². The number of nitrogens with one attached hydrogen (secondary N) is 1. The maximum atomic E-state index is 12.5. The van der Waals surface area contributed by atoms with Crippen LogP contribution < -0.4 is 5.32 Å². The van der Waals surface area contributed by atoms with Crippen LogP contribution in [-0.4, -0.2) is 48.2 Å². The molecule has 0 unspecified atom stereocenters. The van der Waals surface area contributed by atoms with Gasteiger partial charge in [0.15, 0.2) is 0 Å². The molecule has 1 fully saturated rings. The summed E-state index contributed by atoms with van der Waals surface area (Å²) in [7, 11) is 0. The number of hydrogen-bond acceptors (Lipinski definition) is 3. The van der Waals surface area contributed by atoms with Crippen LogP contribution >= 0.6 is 22.6 Å². The molecule has 0 bridgehead atoms. The lowest BCUT2D eigenvalue weighted by Crippen LogP contribution is -2.38. The van der Waals surface area contributed by atoms with Crippen LogP contribution in [0.15, 0.2) is 54.7 Å². The maximum absolute atomic E-state index is 12.5. The SMILES string of the molecule is O=C(Nc1ccc2c(ccn2CCN2CCOCC2)c1)c1ccccc1I. The number of rotatable bonds is 5. The maximum Gasteiger partial charge on any atom is 0.256 e. The molecule has 2 aromatic carbocycles. The van der Waals surface area contributed by atoms with Crippen molar-refractivity contribution >= 4 is 45.1 Å². The van der Waals surface area contributed by atoms with Crippen LogP contribution in [0.5, 0.6) is 0 Å². The second-order valence-electron chi connectivity index (χ2n) is 6.67. The summed E-state index contributed by atoms with van der Waals surface area (Å²) in [5, 5.41) is 4.15. The summed E-state index contributed by atoms with van der Waals surface area (Å²) in [4.78, 5) is 15.0. The average molecular weight is 475 g/mol. The number of amides is 1. The molecule has 1 amide bonds. The van der Waals surface area contributed by atoms with Gasteiger partial charge in [0.2, 0.25) is 0 Å². The molecule has 3 aromatic rings. The monoisotopic (exact) mass is 475 g/mol. The van der Waals surface area contributed by atoms with Gasteiger partial charge in [0.1, 0.15) is 0 Å². The smallest absolute Gasteiger partial charge is 0.256 e. The summed E-state index contributed by atoms with van der Waals surface area (Å²) in [5.41, 5.74) is 2.70. The quantitative estimate of drug-likeness (QED) is 0.571. The van der Waals surface area contributed by atoms with E-state index in [0.29, 0.717) is 5.56 Å². The van der Waals surface area contributed by atoms with Gasteiger partial charge in [-0.25, -0.2) is 0 Å². The largest absolute Gasteiger partial charge is 0.379 e.